The van der Waals surface area contributed by atoms with E-state index < -0.39 is 5.97 Å². The molecule has 0 atom stereocenters. The maximum absolute atomic E-state index is 10.0. The number of anilines is 1. The number of hydrogen-bond donors (Lipinski definition) is 1. The van der Waals surface area contributed by atoms with E-state index in [9.17, 15) is 9.90 Å². The second-order valence-electron chi connectivity index (χ2n) is 2.27. The molecule has 64 valence electrons. The van der Waals surface area contributed by atoms with E-state index in [-0.39, 0.29) is 6.54 Å². The molecule has 5 heteroatoms. The Bertz CT molecular complexity index is 288. The molecule has 0 amide bonds. The van der Waals surface area contributed by atoms with Gasteiger partial charge in [0.05, 0.1) is 12.5 Å². The highest BCUT2D eigenvalue weighted by Gasteiger charge is 1.92. The summed E-state index contributed by atoms with van der Waals surface area (Å²) >= 11 is 0. The molecule has 12 heavy (non-hydrogen) atoms. The lowest BCUT2D eigenvalue weighted by Gasteiger charge is -2.05. The quantitative estimate of drug-likeness (QED) is 0.619. The third-order valence-corrected chi connectivity index (χ3v) is 1.22. The Hall–Kier alpha value is -1.65. The van der Waals surface area contributed by atoms with Gasteiger partial charge in [-0.05, 0) is 6.92 Å². The van der Waals surface area contributed by atoms with Gasteiger partial charge in [0.1, 0.15) is 12.1 Å². The monoisotopic (exact) mass is 166 g/mol. The average molecular weight is 166 g/mol. The molecular weight excluding hydrogens is 158 g/mol. The van der Waals surface area contributed by atoms with Crippen molar-refractivity contribution in [1.82, 2.24) is 9.97 Å². The molecule has 0 saturated carbocycles. The van der Waals surface area contributed by atoms with Crippen LogP contribution in [0.3, 0.4) is 0 Å². The molecule has 0 fully saturated rings. The topological polar surface area (TPSA) is 77.9 Å². The molecule has 1 rings (SSSR count). The van der Waals surface area contributed by atoms with Crippen molar-refractivity contribution in [2.75, 3.05) is 11.9 Å². The van der Waals surface area contributed by atoms with Crippen LogP contribution in [0.1, 0.15) is 5.69 Å². The number of hydrogen-bond acceptors (Lipinski definition) is 5. The van der Waals surface area contributed by atoms with Crippen LogP contribution in [0.5, 0.6) is 0 Å². The summed E-state index contributed by atoms with van der Waals surface area (Å²) in [5.74, 6) is -0.669. The zero-order chi connectivity index (χ0) is 8.97. The molecule has 1 aromatic heterocycles. The van der Waals surface area contributed by atoms with E-state index in [1.165, 1.54) is 6.33 Å². The van der Waals surface area contributed by atoms with Crippen molar-refractivity contribution in [3.8, 4) is 0 Å². The maximum atomic E-state index is 10.0. The number of carbonyl (C=O) groups excluding carboxylic acids is 1. The standard InChI is InChI=1S/C7H9N3O2/c1-5-2-6(10-4-9-5)8-3-7(11)12/h2,4H,3H2,1H3,(H,11,12)(H,8,9,10)/p-1. The first-order chi connectivity index (χ1) is 5.68. The number of aliphatic carboxylic acids is 1. The Balaban J connectivity index is 2.57. The van der Waals surface area contributed by atoms with Crippen LogP contribution < -0.4 is 10.4 Å². The second-order valence-corrected chi connectivity index (χ2v) is 2.27. The van der Waals surface area contributed by atoms with E-state index in [0.29, 0.717) is 5.82 Å². The van der Waals surface area contributed by atoms with Crippen molar-refractivity contribution >= 4 is 11.8 Å². The smallest absolute Gasteiger partial charge is 0.129 e. The Labute approximate surface area is 69.5 Å². The highest BCUT2D eigenvalue weighted by Crippen LogP contribution is 2.00. The molecular formula is C7H8N3O2-. The SMILES string of the molecule is Cc1cc(NCC(=O)[O-])ncn1. The number of aryl methyl sites for hydroxylation is 1. The van der Waals surface area contributed by atoms with E-state index in [1.807, 2.05) is 0 Å². The van der Waals surface area contributed by atoms with Crippen LogP contribution in [0.4, 0.5) is 5.82 Å². The zero-order valence-electron chi connectivity index (χ0n) is 6.57. The van der Waals surface area contributed by atoms with Crippen LogP contribution >= 0.6 is 0 Å². The van der Waals surface area contributed by atoms with Crippen molar-refractivity contribution in [2.45, 2.75) is 6.92 Å². The Kier molecular flexibility index (Phi) is 2.57. The number of nitrogens with one attached hydrogen (secondary N) is 1. The molecule has 1 heterocycles. The van der Waals surface area contributed by atoms with Crippen LogP contribution in [-0.4, -0.2) is 22.5 Å². The van der Waals surface area contributed by atoms with Gasteiger partial charge in [0.2, 0.25) is 0 Å². The van der Waals surface area contributed by atoms with Crippen molar-refractivity contribution in [3.05, 3.63) is 18.1 Å². The van der Waals surface area contributed by atoms with E-state index in [0.717, 1.165) is 5.69 Å². The van der Waals surface area contributed by atoms with Gasteiger partial charge in [-0.25, -0.2) is 9.97 Å². The van der Waals surface area contributed by atoms with Crippen molar-refractivity contribution in [2.24, 2.45) is 0 Å². The van der Waals surface area contributed by atoms with E-state index in [2.05, 4.69) is 15.3 Å². The van der Waals surface area contributed by atoms with Gasteiger partial charge in [-0.2, -0.15) is 0 Å². The number of carbonyl (C=O) groups is 1. The van der Waals surface area contributed by atoms with Crippen molar-refractivity contribution in [1.29, 1.82) is 0 Å². The third kappa shape index (κ3) is 2.53. The minimum atomic E-state index is -1.16. The van der Waals surface area contributed by atoms with E-state index >= 15 is 0 Å². The first kappa shape index (κ1) is 8.45. The predicted octanol–water partition coefficient (Wildman–Crippen LogP) is -1.05. The zero-order valence-corrected chi connectivity index (χ0v) is 6.57. The highest BCUT2D eigenvalue weighted by molar-refractivity contribution is 5.69. The van der Waals surface area contributed by atoms with Gasteiger partial charge in [0.15, 0.2) is 0 Å². The number of carboxylic acids is 1. The van der Waals surface area contributed by atoms with Gasteiger partial charge in [-0.15, -0.1) is 0 Å². The highest BCUT2D eigenvalue weighted by atomic mass is 16.4. The fraction of sp³-hybridized carbons (Fsp3) is 0.286. The van der Waals surface area contributed by atoms with Crippen molar-refractivity contribution in [3.63, 3.8) is 0 Å². The first-order valence-electron chi connectivity index (χ1n) is 3.41. The third-order valence-electron chi connectivity index (χ3n) is 1.22. The fourth-order valence-corrected chi connectivity index (χ4v) is 0.714. The molecule has 0 spiro atoms. The molecule has 0 saturated heterocycles. The Morgan fingerprint density at radius 2 is 2.42 bits per heavy atom. The van der Waals surface area contributed by atoms with Gasteiger partial charge in [-0.1, -0.05) is 0 Å². The lowest BCUT2D eigenvalue weighted by Crippen LogP contribution is -2.30. The van der Waals surface area contributed by atoms with Crippen LogP contribution in [0, 0.1) is 6.92 Å². The number of aromatic nitrogens is 2. The fourth-order valence-electron chi connectivity index (χ4n) is 0.714. The molecule has 1 N–H and O–H groups in total. The normalized spacial score (nSPS) is 9.42. The largest absolute Gasteiger partial charge is 0.548 e. The summed E-state index contributed by atoms with van der Waals surface area (Å²) < 4.78 is 0. The van der Waals surface area contributed by atoms with Crippen LogP contribution in [0.25, 0.3) is 0 Å². The Morgan fingerprint density at radius 1 is 1.67 bits per heavy atom. The summed E-state index contributed by atoms with van der Waals surface area (Å²) in [5.41, 5.74) is 0.783. The summed E-state index contributed by atoms with van der Waals surface area (Å²) in [5, 5.41) is 12.6. The minimum absolute atomic E-state index is 0.240. The van der Waals surface area contributed by atoms with Gasteiger partial charge in [-0.3, -0.25) is 0 Å². The Morgan fingerprint density at radius 3 is 3.00 bits per heavy atom. The molecule has 0 bridgehead atoms. The number of carboxylic acid groups (broad SMARTS) is 1. The molecule has 0 aliphatic carbocycles. The maximum Gasteiger partial charge on any atom is 0.129 e. The van der Waals surface area contributed by atoms with Gasteiger partial charge >= 0.3 is 0 Å². The summed E-state index contributed by atoms with van der Waals surface area (Å²) in [6.07, 6.45) is 1.37. The number of nitrogens with zero attached hydrogens (tertiary/aromatic N) is 2. The lowest BCUT2D eigenvalue weighted by molar-refractivity contribution is -0.302. The van der Waals surface area contributed by atoms with Crippen LogP contribution in [0.2, 0.25) is 0 Å². The lowest BCUT2D eigenvalue weighted by atomic mass is 10.4. The molecule has 0 aliphatic heterocycles. The summed E-state index contributed by atoms with van der Waals surface area (Å²) in [6.45, 7) is 1.56. The minimum Gasteiger partial charge on any atom is -0.548 e. The first-order valence-corrected chi connectivity index (χ1v) is 3.41. The summed E-state index contributed by atoms with van der Waals surface area (Å²) in [7, 11) is 0. The van der Waals surface area contributed by atoms with Gasteiger partial charge < -0.3 is 15.2 Å². The molecule has 0 unspecified atom stereocenters. The van der Waals surface area contributed by atoms with Crippen molar-refractivity contribution < 1.29 is 9.90 Å². The molecule has 5 nitrogen and oxygen atoms in total. The van der Waals surface area contributed by atoms with E-state index in [4.69, 9.17) is 0 Å². The predicted molar refractivity (Wildman–Crippen MR) is 40.3 cm³/mol. The van der Waals surface area contributed by atoms with Gasteiger partial charge in [0.25, 0.3) is 0 Å². The van der Waals surface area contributed by atoms with Gasteiger partial charge in [0, 0.05) is 11.8 Å². The molecule has 0 aromatic carbocycles. The molecule has 1 aromatic rings. The number of rotatable bonds is 3. The molecule has 0 radical (unpaired) electrons. The van der Waals surface area contributed by atoms with Crippen LogP contribution in [-0.2, 0) is 4.79 Å². The average Bonchev–Trinajstić information content (AvgIpc) is 2.01. The summed E-state index contributed by atoms with van der Waals surface area (Å²) in [4.78, 5) is 17.7. The van der Waals surface area contributed by atoms with Crippen LogP contribution in [0.15, 0.2) is 12.4 Å². The molecule has 0 aliphatic rings. The van der Waals surface area contributed by atoms with E-state index in [1.54, 1.807) is 13.0 Å². The second kappa shape index (κ2) is 3.66. The summed E-state index contributed by atoms with van der Waals surface area (Å²) in [6, 6.07) is 1.66.